The fourth-order valence-electron chi connectivity index (χ4n) is 5.05. The fraction of sp³-hybridized carbons (Fsp3) is 0.444. The smallest absolute Gasteiger partial charge is 0.255 e. The first-order chi connectivity index (χ1) is 17.9. The van der Waals surface area contributed by atoms with E-state index in [0.29, 0.717) is 37.1 Å². The maximum absolute atomic E-state index is 15.0. The first-order valence-corrected chi connectivity index (χ1v) is 12.4. The molecule has 9 nitrogen and oxygen atoms in total. The summed E-state index contributed by atoms with van der Waals surface area (Å²) in [6, 6.07) is 3.61. The van der Waals surface area contributed by atoms with Crippen molar-refractivity contribution in [1.82, 2.24) is 24.2 Å². The minimum absolute atomic E-state index is 0.0469. The third-order valence-electron chi connectivity index (χ3n) is 6.98. The number of benzene rings is 1. The van der Waals surface area contributed by atoms with Gasteiger partial charge in [0.05, 0.1) is 42.1 Å². The Labute approximate surface area is 215 Å². The van der Waals surface area contributed by atoms with Crippen LogP contribution in [0.1, 0.15) is 59.9 Å². The Morgan fingerprint density at radius 2 is 2.11 bits per heavy atom. The minimum Gasteiger partial charge on any atom is -0.383 e. The van der Waals surface area contributed by atoms with Gasteiger partial charge in [-0.3, -0.25) is 9.69 Å². The van der Waals surface area contributed by atoms with E-state index in [4.69, 9.17) is 10.5 Å². The van der Waals surface area contributed by atoms with E-state index in [9.17, 15) is 9.18 Å². The van der Waals surface area contributed by atoms with Crippen molar-refractivity contribution >= 4 is 22.8 Å². The summed E-state index contributed by atoms with van der Waals surface area (Å²) in [5, 5.41) is 7.74. The molecule has 10 heteroatoms. The van der Waals surface area contributed by atoms with E-state index in [2.05, 4.69) is 44.0 Å². The monoisotopic (exact) mass is 503 g/mol. The molecule has 3 N–H and O–H groups in total. The molecule has 2 aliphatic rings. The summed E-state index contributed by atoms with van der Waals surface area (Å²) >= 11 is 0. The number of likely N-dealkylation sites (tertiary alicyclic amines) is 1. The number of hydrogen-bond acceptors (Lipinski definition) is 6. The molecule has 0 radical (unpaired) electrons. The molecule has 5 rings (SSSR count). The largest absolute Gasteiger partial charge is 0.383 e. The number of rotatable bonds is 7. The topological polar surface area (TPSA) is 103 Å². The second kappa shape index (κ2) is 10.3. The Hall–Kier alpha value is -3.86. The van der Waals surface area contributed by atoms with Gasteiger partial charge >= 0.3 is 0 Å². The molecule has 0 unspecified atom stereocenters. The summed E-state index contributed by atoms with van der Waals surface area (Å²) in [6.07, 6.45) is 4.67. The van der Waals surface area contributed by atoms with E-state index >= 15 is 0 Å². The highest BCUT2D eigenvalue weighted by Gasteiger charge is 2.36. The number of methoxy groups -OCH3 is 1. The van der Waals surface area contributed by atoms with Crippen molar-refractivity contribution in [2.24, 2.45) is 5.73 Å². The van der Waals surface area contributed by atoms with Gasteiger partial charge in [-0.2, -0.15) is 5.10 Å². The molecular formula is C27H30FN7O2. The standard InChI is InChI=1S/C27H30FN7O2/c1-4-5-10-33-14-19(12-20(33)15-37-3)35-27(30-2)25(26(29)36)22(32-35)9-6-17-11-23-24(13-21(17)28)34(16-31-23)18-7-8-18/h11,13,16,18-20,30H,7-8,10,12,14-15H2,1-3H3,(H2,29,36)/t19-,20+/m0/s1. The van der Waals surface area contributed by atoms with Crippen LogP contribution in [-0.4, -0.2) is 70.0 Å². The summed E-state index contributed by atoms with van der Waals surface area (Å²) in [6.45, 7) is 3.67. The van der Waals surface area contributed by atoms with Crippen molar-refractivity contribution in [3.05, 3.63) is 41.1 Å². The first-order valence-electron chi connectivity index (χ1n) is 12.4. The van der Waals surface area contributed by atoms with Crippen molar-refractivity contribution in [3.63, 3.8) is 0 Å². The van der Waals surface area contributed by atoms with E-state index < -0.39 is 11.7 Å². The zero-order valence-electron chi connectivity index (χ0n) is 21.2. The summed E-state index contributed by atoms with van der Waals surface area (Å²) in [7, 11) is 3.39. The average Bonchev–Trinajstić information content (AvgIpc) is 3.35. The summed E-state index contributed by atoms with van der Waals surface area (Å²) in [4.78, 5) is 19.1. The summed E-state index contributed by atoms with van der Waals surface area (Å²) < 4.78 is 24.2. The number of nitrogens with zero attached hydrogens (tertiary/aromatic N) is 5. The molecule has 3 aromatic rings. The number of carbonyl (C=O) groups excluding carboxylic acids is 1. The summed E-state index contributed by atoms with van der Waals surface area (Å²) in [5.41, 5.74) is 7.76. The Kier molecular flexibility index (Phi) is 6.88. The minimum atomic E-state index is -0.654. The molecular weight excluding hydrogens is 473 g/mol. The lowest BCUT2D eigenvalue weighted by atomic mass is 10.1. The van der Waals surface area contributed by atoms with Gasteiger partial charge in [-0.15, -0.1) is 5.92 Å². The molecule has 2 atom stereocenters. The number of anilines is 1. The predicted molar refractivity (Wildman–Crippen MR) is 139 cm³/mol. The molecule has 0 spiro atoms. The fourth-order valence-corrected chi connectivity index (χ4v) is 5.05. The van der Waals surface area contributed by atoms with Crippen molar-refractivity contribution in [3.8, 4) is 23.7 Å². The van der Waals surface area contributed by atoms with Gasteiger partial charge in [0.1, 0.15) is 17.2 Å². The van der Waals surface area contributed by atoms with Gasteiger partial charge in [-0.1, -0.05) is 11.8 Å². The van der Waals surface area contributed by atoms with Crippen LogP contribution >= 0.6 is 0 Å². The van der Waals surface area contributed by atoms with Gasteiger partial charge in [0.25, 0.3) is 5.91 Å². The quantitative estimate of drug-likeness (QED) is 0.481. The predicted octanol–water partition coefficient (Wildman–Crippen LogP) is 2.53. The number of fused-ring (bicyclic) bond motifs is 1. The lowest BCUT2D eigenvalue weighted by Gasteiger charge is -2.20. The lowest BCUT2D eigenvalue weighted by Crippen LogP contribution is -2.33. The van der Waals surface area contributed by atoms with Crippen LogP contribution in [-0.2, 0) is 4.74 Å². The van der Waals surface area contributed by atoms with E-state index in [-0.39, 0.29) is 28.9 Å². The Balaban J connectivity index is 1.50. The SMILES string of the molecule is CC#CCN1C[C@@H](n2nc(C#Cc3cc4ncn(C5CC5)c4cc3F)c(C(N)=O)c2NC)C[C@@H]1COC. The molecule has 192 valence electrons. The van der Waals surface area contributed by atoms with Gasteiger partial charge in [-0.05, 0) is 38.2 Å². The van der Waals surface area contributed by atoms with Crippen LogP contribution in [0.5, 0.6) is 0 Å². The number of imidazole rings is 1. The molecule has 1 aliphatic carbocycles. The van der Waals surface area contributed by atoms with Gasteiger partial charge in [0, 0.05) is 38.9 Å². The number of halogens is 1. The highest BCUT2D eigenvalue weighted by atomic mass is 19.1. The van der Waals surface area contributed by atoms with Crippen LogP contribution in [0.2, 0.25) is 0 Å². The lowest BCUT2D eigenvalue weighted by molar-refractivity contribution is 0.100. The summed E-state index contributed by atoms with van der Waals surface area (Å²) in [5.74, 6) is 11.2. The zero-order chi connectivity index (χ0) is 26.1. The third kappa shape index (κ3) is 4.78. The Morgan fingerprint density at radius 3 is 2.78 bits per heavy atom. The van der Waals surface area contributed by atoms with Crippen LogP contribution in [0, 0.1) is 29.5 Å². The Bertz CT molecular complexity index is 1460. The molecule has 1 amide bonds. The van der Waals surface area contributed by atoms with Crippen molar-refractivity contribution < 1.29 is 13.9 Å². The molecule has 1 aromatic carbocycles. The second-order valence-electron chi connectivity index (χ2n) is 9.44. The second-order valence-corrected chi connectivity index (χ2v) is 9.44. The van der Waals surface area contributed by atoms with Crippen molar-refractivity contribution in [2.75, 3.05) is 39.2 Å². The molecule has 1 saturated carbocycles. The van der Waals surface area contributed by atoms with Crippen LogP contribution < -0.4 is 11.1 Å². The normalized spacial score (nSPS) is 19.4. The number of ether oxygens (including phenoxy) is 1. The number of amides is 1. The van der Waals surface area contributed by atoms with Crippen LogP contribution in [0.3, 0.4) is 0 Å². The number of hydrogen-bond donors (Lipinski definition) is 2. The van der Waals surface area contributed by atoms with Crippen LogP contribution in [0.25, 0.3) is 11.0 Å². The molecule has 37 heavy (non-hydrogen) atoms. The molecule has 1 aliphatic heterocycles. The molecule has 0 bridgehead atoms. The van der Waals surface area contributed by atoms with E-state index in [0.717, 1.165) is 24.8 Å². The number of nitrogens with one attached hydrogen (secondary N) is 1. The number of primary amides is 1. The number of carbonyl (C=O) groups is 1. The number of aromatic nitrogens is 4. The van der Waals surface area contributed by atoms with Gasteiger partial charge in [0.2, 0.25) is 0 Å². The third-order valence-corrected chi connectivity index (χ3v) is 6.98. The van der Waals surface area contributed by atoms with Crippen molar-refractivity contribution in [2.45, 2.75) is 44.3 Å². The molecule has 1 saturated heterocycles. The maximum Gasteiger partial charge on any atom is 0.255 e. The van der Waals surface area contributed by atoms with E-state index in [1.807, 2.05) is 11.5 Å². The maximum atomic E-state index is 15.0. The zero-order valence-corrected chi connectivity index (χ0v) is 21.2. The van der Waals surface area contributed by atoms with E-state index in [1.165, 1.54) is 6.07 Å². The van der Waals surface area contributed by atoms with Crippen molar-refractivity contribution in [1.29, 1.82) is 0 Å². The number of nitrogens with two attached hydrogens (primary N) is 1. The molecule has 2 aromatic heterocycles. The average molecular weight is 504 g/mol. The Morgan fingerprint density at radius 1 is 1.30 bits per heavy atom. The van der Waals surface area contributed by atoms with Crippen LogP contribution in [0.4, 0.5) is 10.2 Å². The highest BCUT2D eigenvalue weighted by molar-refractivity contribution is 6.00. The van der Waals surface area contributed by atoms with Gasteiger partial charge in [0.15, 0.2) is 5.69 Å². The van der Waals surface area contributed by atoms with Gasteiger partial charge < -0.3 is 20.4 Å². The first kappa shape index (κ1) is 24.8. The molecule has 2 fully saturated rings. The molecule has 3 heterocycles. The van der Waals surface area contributed by atoms with E-state index in [1.54, 1.807) is 31.2 Å². The highest BCUT2D eigenvalue weighted by Crippen LogP contribution is 2.37. The van der Waals surface area contributed by atoms with Gasteiger partial charge in [-0.25, -0.2) is 14.1 Å². The van der Waals surface area contributed by atoms with Crippen LogP contribution in [0.15, 0.2) is 18.5 Å².